The SMILES string of the molecule is CCN(C(=O)OC(C)(C)C)[C@H](C)CNC(=O)Cn1cnc2c(cnn2C)c1=O. The van der Waals surface area contributed by atoms with E-state index < -0.39 is 11.7 Å². The van der Waals surface area contributed by atoms with Gasteiger partial charge in [0.05, 0.1) is 6.20 Å². The van der Waals surface area contributed by atoms with E-state index in [4.69, 9.17) is 4.74 Å². The van der Waals surface area contributed by atoms with Crippen LogP contribution in [0.4, 0.5) is 4.79 Å². The number of aryl methyl sites for hydroxylation is 1. The lowest BCUT2D eigenvalue weighted by atomic mass is 10.2. The fraction of sp³-hybridized carbons (Fsp3) is 0.611. The number of carbonyl (C=O) groups is 2. The second-order valence-corrected chi connectivity index (χ2v) is 7.60. The van der Waals surface area contributed by atoms with Crippen LogP contribution in [0.5, 0.6) is 0 Å². The van der Waals surface area contributed by atoms with Crippen LogP contribution < -0.4 is 10.9 Å². The number of carbonyl (C=O) groups excluding carboxylic acids is 2. The number of ether oxygens (including phenoxy) is 1. The fourth-order valence-electron chi connectivity index (χ4n) is 2.70. The smallest absolute Gasteiger partial charge is 0.410 e. The summed E-state index contributed by atoms with van der Waals surface area (Å²) < 4.78 is 8.12. The quantitative estimate of drug-likeness (QED) is 0.782. The van der Waals surface area contributed by atoms with Crippen molar-refractivity contribution in [1.82, 2.24) is 29.5 Å². The van der Waals surface area contributed by atoms with Crippen molar-refractivity contribution < 1.29 is 14.3 Å². The van der Waals surface area contributed by atoms with E-state index >= 15 is 0 Å². The summed E-state index contributed by atoms with van der Waals surface area (Å²) in [6, 6.07) is -0.264. The van der Waals surface area contributed by atoms with Crippen LogP contribution in [-0.2, 0) is 23.1 Å². The Kier molecular flexibility index (Phi) is 6.42. The predicted molar refractivity (Wildman–Crippen MR) is 104 cm³/mol. The molecule has 0 aromatic carbocycles. The Morgan fingerprint density at radius 1 is 1.36 bits per heavy atom. The minimum Gasteiger partial charge on any atom is -0.444 e. The minimum absolute atomic E-state index is 0.165. The lowest BCUT2D eigenvalue weighted by molar-refractivity contribution is -0.122. The topological polar surface area (TPSA) is 111 Å². The average Bonchev–Trinajstić information content (AvgIpc) is 2.96. The molecule has 0 aliphatic heterocycles. The van der Waals surface area contributed by atoms with E-state index in [0.717, 1.165) is 0 Å². The zero-order valence-corrected chi connectivity index (χ0v) is 17.2. The number of amides is 2. The number of nitrogens with one attached hydrogen (secondary N) is 1. The maximum absolute atomic E-state index is 12.4. The first kappa shape index (κ1) is 21.4. The molecule has 1 N–H and O–H groups in total. The van der Waals surface area contributed by atoms with Crippen LogP contribution in [0.2, 0.25) is 0 Å². The normalized spacial score (nSPS) is 12.6. The van der Waals surface area contributed by atoms with E-state index in [-0.39, 0.29) is 30.6 Å². The second-order valence-electron chi connectivity index (χ2n) is 7.60. The summed E-state index contributed by atoms with van der Waals surface area (Å²) in [6.45, 7) is 9.60. The largest absolute Gasteiger partial charge is 0.444 e. The maximum Gasteiger partial charge on any atom is 0.410 e. The molecule has 0 saturated heterocycles. The predicted octanol–water partition coefficient (Wildman–Crippen LogP) is 0.892. The summed E-state index contributed by atoms with van der Waals surface area (Å²) in [4.78, 5) is 42.7. The Labute approximate surface area is 163 Å². The van der Waals surface area contributed by atoms with Gasteiger partial charge in [-0.3, -0.25) is 18.8 Å². The molecule has 10 heteroatoms. The third-order valence-electron chi connectivity index (χ3n) is 4.13. The number of nitrogens with zero attached hydrogens (tertiary/aromatic N) is 5. The molecule has 0 bridgehead atoms. The molecule has 2 amide bonds. The third-order valence-corrected chi connectivity index (χ3v) is 4.13. The van der Waals surface area contributed by atoms with Crippen LogP contribution >= 0.6 is 0 Å². The van der Waals surface area contributed by atoms with Gasteiger partial charge in [0.25, 0.3) is 5.56 Å². The molecule has 10 nitrogen and oxygen atoms in total. The third kappa shape index (κ3) is 5.08. The zero-order valence-electron chi connectivity index (χ0n) is 17.2. The van der Waals surface area contributed by atoms with Crippen LogP contribution in [0.15, 0.2) is 17.3 Å². The summed E-state index contributed by atoms with van der Waals surface area (Å²) in [7, 11) is 1.69. The molecule has 2 heterocycles. The molecule has 2 rings (SSSR count). The van der Waals surface area contributed by atoms with E-state index in [0.29, 0.717) is 17.6 Å². The van der Waals surface area contributed by atoms with Gasteiger partial charge < -0.3 is 15.0 Å². The van der Waals surface area contributed by atoms with Gasteiger partial charge in [0.15, 0.2) is 5.65 Å². The number of aromatic nitrogens is 4. The lowest BCUT2D eigenvalue weighted by Gasteiger charge is -2.31. The monoisotopic (exact) mass is 392 g/mol. The van der Waals surface area contributed by atoms with E-state index in [2.05, 4.69) is 15.4 Å². The van der Waals surface area contributed by atoms with E-state index in [9.17, 15) is 14.4 Å². The van der Waals surface area contributed by atoms with E-state index in [1.54, 1.807) is 32.7 Å². The summed E-state index contributed by atoms with van der Waals surface area (Å²) in [6.07, 6.45) is 2.33. The Balaban J connectivity index is 1.97. The average molecular weight is 392 g/mol. The molecule has 0 spiro atoms. The van der Waals surface area contributed by atoms with Gasteiger partial charge in [-0.2, -0.15) is 5.10 Å². The van der Waals surface area contributed by atoms with Crippen molar-refractivity contribution in [1.29, 1.82) is 0 Å². The van der Waals surface area contributed by atoms with Crippen molar-refractivity contribution in [2.45, 2.75) is 52.8 Å². The number of hydrogen-bond donors (Lipinski definition) is 1. The molecule has 0 saturated carbocycles. The molecule has 0 aliphatic carbocycles. The highest BCUT2D eigenvalue weighted by Gasteiger charge is 2.25. The molecule has 0 aliphatic rings. The van der Waals surface area contributed by atoms with Gasteiger partial charge in [-0.15, -0.1) is 0 Å². The molecule has 1 atom stereocenters. The highest BCUT2D eigenvalue weighted by atomic mass is 16.6. The Morgan fingerprint density at radius 3 is 2.64 bits per heavy atom. The second kappa shape index (κ2) is 8.41. The molecule has 0 radical (unpaired) electrons. The van der Waals surface area contributed by atoms with Crippen LogP contribution in [0.3, 0.4) is 0 Å². The van der Waals surface area contributed by atoms with Crippen molar-refractivity contribution in [3.05, 3.63) is 22.9 Å². The molecule has 154 valence electrons. The van der Waals surface area contributed by atoms with Crippen molar-refractivity contribution in [3.8, 4) is 0 Å². The maximum atomic E-state index is 12.4. The molecule has 0 unspecified atom stereocenters. The number of hydrogen-bond acceptors (Lipinski definition) is 6. The molecule has 2 aromatic rings. The number of fused-ring (bicyclic) bond motifs is 1. The van der Waals surface area contributed by atoms with Crippen molar-refractivity contribution >= 4 is 23.0 Å². The lowest BCUT2D eigenvalue weighted by Crippen LogP contribution is -2.47. The highest BCUT2D eigenvalue weighted by molar-refractivity contribution is 5.77. The Hall–Kier alpha value is -2.91. The van der Waals surface area contributed by atoms with Crippen LogP contribution in [0.1, 0.15) is 34.6 Å². The molecule has 2 aromatic heterocycles. The van der Waals surface area contributed by atoms with Crippen LogP contribution in [0.25, 0.3) is 11.0 Å². The summed E-state index contributed by atoms with van der Waals surface area (Å²) >= 11 is 0. The fourth-order valence-corrected chi connectivity index (χ4v) is 2.70. The van der Waals surface area contributed by atoms with Crippen molar-refractivity contribution in [2.24, 2.45) is 7.05 Å². The van der Waals surface area contributed by atoms with Gasteiger partial charge in [0.1, 0.15) is 23.9 Å². The molecular weight excluding hydrogens is 364 g/mol. The summed E-state index contributed by atoms with van der Waals surface area (Å²) in [5, 5.41) is 7.10. The Morgan fingerprint density at radius 2 is 2.04 bits per heavy atom. The molecule has 0 fully saturated rings. The standard InChI is InChI=1S/C18H28N6O4/c1-7-24(17(27)28-18(3,4)5)12(2)8-19-14(25)10-23-11-20-15-13(16(23)26)9-21-22(15)6/h9,11-12H,7-8,10H2,1-6H3,(H,19,25)/t12-/m1/s1. The summed E-state index contributed by atoms with van der Waals surface area (Å²) in [5.41, 5.74) is -0.455. The first-order valence-electron chi connectivity index (χ1n) is 9.17. The highest BCUT2D eigenvalue weighted by Crippen LogP contribution is 2.11. The van der Waals surface area contributed by atoms with E-state index in [1.807, 2.05) is 13.8 Å². The van der Waals surface area contributed by atoms with Gasteiger partial charge >= 0.3 is 6.09 Å². The molecule has 28 heavy (non-hydrogen) atoms. The van der Waals surface area contributed by atoms with Crippen LogP contribution in [-0.4, -0.2) is 61.0 Å². The van der Waals surface area contributed by atoms with Gasteiger partial charge in [0.2, 0.25) is 5.91 Å². The zero-order chi connectivity index (χ0) is 21.1. The number of likely N-dealkylation sites (N-methyl/N-ethyl adjacent to an activating group) is 1. The van der Waals surface area contributed by atoms with E-state index in [1.165, 1.54) is 21.8 Å². The Bertz CT molecular complexity index is 911. The van der Waals surface area contributed by atoms with Gasteiger partial charge in [0, 0.05) is 26.2 Å². The first-order chi connectivity index (χ1) is 13.0. The molecular formula is C18H28N6O4. The minimum atomic E-state index is -0.591. The van der Waals surface area contributed by atoms with Crippen molar-refractivity contribution in [3.63, 3.8) is 0 Å². The van der Waals surface area contributed by atoms with Crippen molar-refractivity contribution in [2.75, 3.05) is 13.1 Å². The van der Waals surface area contributed by atoms with Gasteiger partial charge in [-0.05, 0) is 34.6 Å². The summed E-state index contributed by atoms with van der Waals surface area (Å²) in [5.74, 6) is -0.348. The van der Waals surface area contributed by atoms with Gasteiger partial charge in [-0.1, -0.05) is 0 Å². The number of rotatable bonds is 6. The van der Waals surface area contributed by atoms with Gasteiger partial charge in [-0.25, -0.2) is 9.78 Å². The van der Waals surface area contributed by atoms with Crippen LogP contribution in [0, 0.1) is 0 Å². The first-order valence-corrected chi connectivity index (χ1v) is 9.17.